The van der Waals surface area contributed by atoms with Gasteiger partial charge in [-0.1, -0.05) is 33.6 Å². The normalized spacial score (nSPS) is 37.7. The van der Waals surface area contributed by atoms with Crippen molar-refractivity contribution in [1.29, 1.82) is 0 Å². The quantitative estimate of drug-likeness (QED) is 0.840. The minimum Gasteiger partial charge on any atom is -0.376 e. The van der Waals surface area contributed by atoms with Crippen LogP contribution in [0.2, 0.25) is 0 Å². The Labute approximate surface area is 112 Å². The van der Waals surface area contributed by atoms with Gasteiger partial charge in [0.1, 0.15) is 0 Å². The van der Waals surface area contributed by atoms with Gasteiger partial charge >= 0.3 is 0 Å². The molecule has 2 N–H and O–H groups in total. The molecule has 1 aliphatic heterocycles. The molecule has 18 heavy (non-hydrogen) atoms. The number of morpholine rings is 1. The third-order valence-electron chi connectivity index (χ3n) is 5.44. The second-order valence-electron chi connectivity index (χ2n) is 6.67. The Bertz CT molecular complexity index is 280. The molecule has 0 radical (unpaired) electrons. The summed E-state index contributed by atoms with van der Waals surface area (Å²) in [4.78, 5) is 2.66. The van der Waals surface area contributed by atoms with E-state index in [1.165, 1.54) is 25.7 Å². The van der Waals surface area contributed by atoms with Crippen LogP contribution in [0.4, 0.5) is 0 Å². The number of nitrogens with zero attached hydrogens (tertiary/aromatic N) is 1. The van der Waals surface area contributed by atoms with Gasteiger partial charge in [-0.3, -0.25) is 4.90 Å². The van der Waals surface area contributed by atoms with E-state index in [1.807, 2.05) is 0 Å². The lowest BCUT2D eigenvalue weighted by atomic mass is 9.62. The van der Waals surface area contributed by atoms with Crippen LogP contribution < -0.4 is 5.73 Å². The Kier molecular flexibility index (Phi) is 4.35. The molecule has 2 fully saturated rings. The van der Waals surface area contributed by atoms with E-state index in [4.69, 9.17) is 10.5 Å². The molecule has 3 nitrogen and oxygen atoms in total. The molecule has 2 rings (SSSR count). The van der Waals surface area contributed by atoms with Crippen molar-refractivity contribution < 1.29 is 4.74 Å². The first-order chi connectivity index (χ1) is 8.55. The number of hydrogen-bond acceptors (Lipinski definition) is 3. The van der Waals surface area contributed by atoms with Crippen LogP contribution in [-0.4, -0.2) is 42.8 Å². The molecule has 0 amide bonds. The molecule has 0 bridgehead atoms. The van der Waals surface area contributed by atoms with E-state index in [9.17, 15) is 0 Å². The Hall–Kier alpha value is -0.120. The van der Waals surface area contributed by atoms with E-state index in [0.717, 1.165) is 32.7 Å². The van der Waals surface area contributed by atoms with Gasteiger partial charge in [0.05, 0.1) is 12.7 Å². The standard InChI is InChI=1S/C15H30N2O/c1-4-13-11-17(9-10-18-13)15(12-16)8-6-5-7-14(15,2)3/h13H,4-12,16H2,1-3H3. The van der Waals surface area contributed by atoms with Gasteiger partial charge in [0.25, 0.3) is 0 Å². The first kappa shape index (κ1) is 14.3. The molecule has 2 unspecified atom stereocenters. The summed E-state index contributed by atoms with van der Waals surface area (Å²) in [5.74, 6) is 0. The van der Waals surface area contributed by atoms with Gasteiger partial charge in [0.15, 0.2) is 0 Å². The van der Waals surface area contributed by atoms with Crippen LogP contribution in [0.15, 0.2) is 0 Å². The fourth-order valence-corrected chi connectivity index (χ4v) is 4.00. The van der Waals surface area contributed by atoms with Crippen molar-refractivity contribution in [1.82, 2.24) is 4.90 Å². The maximum atomic E-state index is 6.25. The molecule has 0 aromatic rings. The first-order valence-corrected chi connectivity index (χ1v) is 7.62. The van der Waals surface area contributed by atoms with Crippen LogP contribution in [0.1, 0.15) is 52.9 Å². The highest BCUT2D eigenvalue weighted by Gasteiger charge is 2.50. The number of rotatable bonds is 3. The monoisotopic (exact) mass is 254 g/mol. The van der Waals surface area contributed by atoms with Crippen LogP contribution in [0, 0.1) is 5.41 Å². The van der Waals surface area contributed by atoms with E-state index >= 15 is 0 Å². The molecule has 0 spiro atoms. The lowest BCUT2D eigenvalue weighted by molar-refractivity contribution is -0.116. The largest absolute Gasteiger partial charge is 0.376 e. The summed E-state index contributed by atoms with van der Waals surface area (Å²) in [6.45, 7) is 10.8. The zero-order valence-corrected chi connectivity index (χ0v) is 12.4. The van der Waals surface area contributed by atoms with Crippen LogP contribution in [0.5, 0.6) is 0 Å². The molecule has 0 aromatic heterocycles. The summed E-state index contributed by atoms with van der Waals surface area (Å²) in [5, 5.41) is 0. The summed E-state index contributed by atoms with van der Waals surface area (Å²) in [6, 6.07) is 0. The second-order valence-corrected chi connectivity index (χ2v) is 6.67. The zero-order valence-electron chi connectivity index (χ0n) is 12.4. The number of nitrogens with two attached hydrogens (primary N) is 1. The molecular weight excluding hydrogens is 224 g/mol. The van der Waals surface area contributed by atoms with Crippen molar-refractivity contribution in [2.45, 2.75) is 64.5 Å². The highest BCUT2D eigenvalue weighted by molar-refractivity contribution is 5.06. The van der Waals surface area contributed by atoms with Gasteiger partial charge in [-0.15, -0.1) is 0 Å². The van der Waals surface area contributed by atoms with Gasteiger partial charge < -0.3 is 10.5 Å². The van der Waals surface area contributed by atoms with E-state index < -0.39 is 0 Å². The summed E-state index contributed by atoms with van der Waals surface area (Å²) in [5.41, 5.74) is 6.77. The summed E-state index contributed by atoms with van der Waals surface area (Å²) >= 11 is 0. The highest BCUT2D eigenvalue weighted by Crippen LogP contribution is 2.47. The molecule has 1 saturated carbocycles. The Morgan fingerprint density at radius 3 is 2.61 bits per heavy atom. The van der Waals surface area contributed by atoms with Crippen molar-refractivity contribution >= 4 is 0 Å². The average molecular weight is 254 g/mol. The molecule has 0 aromatic carbocycles. The zero-order chi connectivity index (χ0) is 13.2. The molecule has 3 heteroatoms. The summed E-state index contributed by atoms with van der Waals surface area (Å²) in [6.07, 6.45) is 6.76. The third kappa shape index (κ3) is 2.33. The molecule has 2 aliphatic rings. The summed E-state index contributed by atoms with van der Waals surface area (Å²) in [7, 11) is 0. The van der Waals surface area contributed by atoms with Crippen LogP contribution >= 0.6 is 0 Å². The lowest BCUT2D eigenvalue weighted by Crippen LogP contribution is -2.66. The molecule has 1 saturated heterocycles. The predicted molar refractivity (Wildman–Crippen MR) is 75.6 cm³/mol. The summed E-state index contributed by atoms with van der Waals surface area (Å²) < 4.78 is 5.82. The fraction of sp³-hybridized carbons (Fsp3) is 1.00. The number of ether oxygens (including phenoxy) is 1. The van der Waals surface area contributed by atoms with E-state index in [1.54, 1.807) is 0 Å². The van der Waals surface area contributed by atoms with Gasteiger partial charge in [-0.2, -0.15) is 0 Å². The Morgan fingerprint density at radius 1 is 1.28 bits per heavy atom. The minimum absolute atomic E-state index is 0.197. The van der Waals surface area contributed by atoms with E-state index in [2.05, 4.69) is 25.7 Å². The van der Waals surface area contributed by atoms with Crippen LogP contribution in [0.3, 0.4) is 0 Å². The van der Waals surface area contributed by atoms with Crippen molar-refractivity contribution in [3.63, 3.8) is 0 Å². The van der Waals surface area contributed by atoms with Gasteiger partial charge in [-0.25, -0.2) is 0 Å². The van der Waals surface area contributed by atoms with Gasteiger partial charge in [-0.05, 0) is 24.7 Å². The lowest BCUT2D eigenvalue weighted by Gasteiger charge is -2.57. The maximum Gasteiger partial charge on any atom is 0.0700 e. The average Bonchev–Trinajstić information content (AvgIpc) is 2.39. The predicted octanol–water partition coefficient (Wildman–Crippen LogP) is 2.39. The van der Waals surface area contributed by atoms with E-state index in [0.29, 0.717) is 11.5 Å². The van der Waals surface area contributed by atoms with Crippen molar-refractivity contribution in [3.05, 3.63) is 0 Å². The van der Waals surface area contributed by atoms with Crippen molar-refractivity contribution in [2.24, 2.45) is 11.1 Å². The molecular formula is C15H30N2O. The molecule has 106 valence electrons. The SMILES string of the molecule is CCC1CN(C2(CN)CCCCC2(C)C)CCO1. The fourth-order valence-electron chi connectivity index (χ4n) is 4.00. The smallest absolute Gasteiger partial charge is 0.0700 e. The van der Waals surface area contributed by atoms with Crippen molar-refractivity contribution in [3.8, 4) is 0 Å². The first-order valence-electron chi connectivity index (χ1n) is 7.62. The third-order valence-corrected chi connectivity index (χ3v) is 5.44. The molecule has 2 atom stereocenters. The number of hydrogen-bond donors (Lipinski definition) is 1. The van der Waals surface area contributed by atoms with Crippen LogP contribution in [-0.2, 0) is 4.74 Å². The maximum absolute atomic E-state index is 6.25. The van der Waals surface area contributed by atoms with Crippen LogP contribution in [0.25, 0.3) is 0 Å². The second kappa shape index (κ2) is 5.48. The minimum atomic E-state index is 0.197. The van der Waals surface area contributed by atoms with Gasteiger partial charge in [0, 0.05) is 25.2 Å². The van der Waals surface area contributed by atoms with Crippen molar-refractivity contribution in [2.75, 3.05) is 26.2 Å². The Morgan fingerprint density at radius 2 is 2.00 bits per heavy atom. The van der Waals surface area contributed by atoms with E-state index in [-0.39, 0.29) is 5.54 Å². The molecule has 1 aliphatic carbocycles. The topological polar surface area (TPSA) is 38.5 Å². The molecule has 1 heterocycles. The Balaban J connectivity index is 2.19. The van der Waals surface area contributed by atoms with Gasteiger partial charge in [0.2, 0.25) is 0 Å². The highest BCUT2D eigenvalue weighted by atomic mass is 16.5.